The first kappa shape index (κ1) is 21.6. The van der Waals surface area contributed by atoms with Gasteiger partial charge in [-0.3, -0.25) is 0 Å². The maximum atomic E-state index is 10.6. The number of benzene rings is 1. The molecule has 1 aliphatic carbocycles. The Morgan fingerprint density at radius 3 is 2.48 bits per heavy atom. The molecule has 2 atom stereocenters. The van der Waals surface area contributed by atoms with Crippen LogP contribution in [0.25, 0.3) is 0 Å². The van der Waals surface area contributed by atoms with Gasteiger partial charge in [0.2, 0.25) is 0 Å². The number of aliphatic hydroxyl groups is 1. The van der Waals surface area contributed by atoms with Gasteiger partial charge in [-0.1, -0.05) is 63.4 Å². The van der Waals surface area contributed by atoms with Gasteiger partial charge in [0.05, 0.1) is 17.5 Å². The summed E-state index contributed by atoms with van der Waals surface area (Å²) < 4.78 is 0. The normalized spacial score (nSPS) is 16.6. The van der Waals surface area contributed by atoms with Crippen LogP contribution in [0.1, 0.15) is 83.1 Å². The van der Waals surface area contributed by atoms with Crippen molar-refractivity contribution in [1.29, 1.82) is 0 Å². The number of nitrogens with zero attached hydrogens (tertiary/aromatic N) is 2. The molecule has 1 heterocycles. The van der Waals surface area contributed by atoms with Gasteiger partial charge in [0.15, 0.2) is 5.82 Å². The summed E-state index contributed by atoms with van der Waals surface area (Å²) in [5.74, 6) is 0.994. The lowest BCUT2D eigenvalue weighted by Gasteiger charge is -2.33. The topological polar surface area (TPSA) is 48.4 Å². The Labute approximate surface area is 176 Å². The van der Waals surface area contributed by atoms with Crippen LogP contribution in [0, 0.1) is 0 Å². The molecule has 0 radical (unpaired) electrons. The molecule has 2 aromatic rings. The molecular formula is C25H37N3O. The van der Waals surface area contributed by atoms with Crippen LogP contribution >= 0.6 is 0 Å². The van der Waals surface area contributed by atoms with E-state index in [2.05, 4.69) is 67.4 Å². The standard InChI is InChI=1S/C25H37N3O/c1-4-11-24(29)22-16-17-23(26-19(3)5-2)25(27-22)28(21-14-9-10-15-21)18-20-12-7-6-8-13-20/h6-8,12-13,16-17,19,21,24,26,29H,4-5,9-11,14-15,18H2,1-3H3. The van der Waals surface area contributed by atoms with Crippen LogP contribution in [0.2, 0.25) is 0 Å². The maximum absolute atomic E-state index is 10.6. The molecule has 1 aromatic heterocycles. The SMILES string of the molecule is CCCC(O)c1ccc(NC(C)CC)c(N(Cc2ccccc2)C2CCCC2)n1. The van der Waals surface area contributed by atoms with E-state index in [1.165, 1.54) is 31.2 Å². The fraction of sp³-hybridized carbons (Fsp3) is 0.560. The third kappa shape index (κ3) is 5.72. The average Bonchev–Trinajstić information content (AvgIpc) is 3.28. The summed E-state index contributed by atoms with van der Waals surface area (Å²) >= 11 is 0. The molecule has 0 amide bonds. The molecule has 2 N–H and O–H groups in total. The Kier molecular flexibility index (Phi) is 7.93. The lowest BCUT2D eigenvalue weighted by molar-refractivity contribution is 0.162. The van der Waals surface area contributed by atoms with Crippen LogP contribution in [0.4, 0.5) is 11.5 Å². The summed E-state index contributed by atoms with van der Waals surface area (Å²) in [7, 11) is 0. The minimum Gasteiger partial charge on any atom is -0.387 e. The molecule has 0 bridgehead atoms. The van der Waals surface area contributed by atoms with Gasteiger partial charge in [-0.2, -0.15) is 0 Å². The number of anilines is 2. The van der Waals surface area contributed by atoms with Crippen molar-refractivity contribution < 1.29 is 5.11 Å². The molecule has 1 aromatic carbocycles. The molecular weight excluding hydrogens is 358 g/mol. The molecule has 0 aliphatic heterocycles. The third-order valence-corrected chi connectivity index (χ3v) is 6.05. The summed E-state index contributed by atoms with van der Waals surface area (Å²) in [6, 6.07) is 15.7. The zero-order valence-corrected chi connectivity index (χ0v) is 18.3. The molecule has 1 aliphatic rings. The number of hydrogen-bond acceptors (Lipinski definition) is 4. The number of aromatic nitrogens is 1. The van der Waals surface area contributed by atoms with E-state index in [1.807, 2.05) is 6.07 Å². The molecule has 158 valence electrons. The maximum Gasteiger partial charge on any atom is 0.152 e. The van der Waals surface area contributed by atoms with E-state index in [4.69, 9.17) is 4.98 Å². The molecule has 4 heteroatoms. The second kappa shape index (κ2) is 10.6. The Balaban J connectivity index is 2.00. The molecule has 0 saturated heterocycles. The van der Waals surface area contributed by atoms with Crippen LogP contribution in [-0.4, -0.2) is 22.2 Å². The van der Waals surface area contributed by atoms with Gasteiger partial charge in [-0.15, -0.1) is 0 Å². The summed E-state index contributed by atoms with van der Waals surface area (Å²) in [5.41, 5.74) is 3.16. The van der Waals surface area contributed by atoms with E-state index < -0.39 is 6.10 Å². The first-order valence-corrected chi connectivity index (χ1v) is 11.4. The van der Waals surface area contributed by atoms with Gasteiger partial charge in [0.1, 0.15) is 0 Å². The Bertz CT molecular complexity index is 743. The van der Waals surface area contributed by atoms with Crippen LogP contribution in [-0.2, 0) is 6.54 Å². The molecule has 0 spiro atoms. The summed E-state index contributed by atoms with van der Waals surface area (Å²) in [5, 5.41) is 14.3. The largest absolute Gasteiger partial charge is 0.387 e. The monoisotopic (exact) mass is 395 g/mol. The van der Waals surface area contributed by atoms with Gasteiger partial charge in [-0.25, -0.2) is 4.98 Å². The average molecular weight is 396 g/mol. The third-order valence-electron chi connectivity index (χ3n) is 6.05. The number of nitrogens with one attached hydrogen (secondary N) is 1. The van der Waals surface area contributed by atoms with Gasteiger partial charge < -0.3 is 15.3 Å². The number of rotatable bonds is 10. The highest BCUT2D eigenvalue weighted by Gasteiger charge is 2.27. The van der Waals surface area contributed by atoms with E-state index in [9.17, 15) is 5.11 Å². The quantitative estimate of drug-likeness (QED) is 0.512. The van der Waals surface area contributed by atoms with Gasteiger partial charge >= 0.3 is 0 Å². The first-order chi connectivity index (χ1) is 14.1. The van der Waals surface area contributed by atoms with E-state index in [1.54, 1.807) is 0 Å². The van der Waals surface area contributed by atoms with Gasteiger partial charge in [-0.05, 0) is 50.3 Å². The molecule has 29 heavy (non-hydrogen) atoms. The predicted octanol–water partition coefficient (Wildman–Crippen LogP) is 6.07. The second-order valence-electron chi connectivity index (χ2n) is 8.42. The fourth-order valence-corrected chi connectivity index (χ4v) is 4.14. The van der Waals surface area contributed by atoms with Crippen molar-refractivity contribution in [1.82, 2.24) is 4.98 Å². The predicted molar refractivity (Wildman–Crippen MR) is 122 cm³/mol. The minimum absolute atomic E-state index is 0.379. The summed E-state index contributed by atoms with van der Waals surface area (Å²) in [4.78, 5) is 7.51. The van der Waals surface area contributed by atoms with E-state index in [0.717, 1.165) is 43.0 Å². The minimum atomic E-state index is -0.501. The smallest absolute Gasteiger partial charge is 0.152 e. The summed E-state index contributed by atoms with van der Waals surface area (Å²) in [6.45, 7) is 7.35. The number of aliphatic hydroxyl groups excluding tert-OH is 1. The molecule has 1 saturated carbocycles. The van der Waals surface area contributed by atoms with Gasteiger partial charge in [0.25, 0.3) is 0 Å². The highest BCUT2D eigenvalue weighted by Crippen LogP contribution is 2.35. The Hall–Kier alpha value is -2.07. The molecule has 3 rings (SSSR count). The van der Waals surface area contributed by atoms with Crippen LogP contribution in [0.5, 0.6) is 0 Å². The first-order valence-electron chi connectivity index (χ1n) is 11.4. The second-order valence-corrected chi connectivity index (χ2v) is 8.42. The zero-order chi connectivity index (χ0) is 20.6. The molecule has 1 fully saturated rings. The van der Waals surface area contributed by atoms with Crippen LogP contribution in [0.15, 0.2) is 42.5 Å². The van der Waals surface area contributed by atoms with Crippen molar-refractivity contribution in [2.75, 3.05) is 10.2 Å². The number of pyridine rings is 1. The summed E-state index contributed by atoms with van der Waals surface area (Å²) in [6.07, 6.45) is 7.22. The number of hydrogen-bond donors (Lipinski definition) is 2. The van der Waals surface area contributed by atoms with E-state index in [0.29, 0.717) is 12.1 Å². The van der Waals surface area contributed by atoms with E-state index in [-0.39, 0.29) is 0 Å². The van der Waals surface area contributed by atoms with Crippen molar-refractivity contribution in [3.8, 4) is 0 Å². The molecule has 2 unspecified atom stereocenters. The lowest BCUT2D eigenvalue weighted by Crippen LogP contribution is -2.34. The van der Waals surface area contributed by atoms with Gasteiger partial charge in [0, 0.05) is 18.6 Å². The van der Waals surface area contributed by atoms with Crippen molar-refractivity contribution in [2.24, 2.45) is 0 Å². The van der Waals surface area contributed by atoms with Crippen molar-refractivity contribution in [3.63, 3.8) is 0 Å². The van der Waals surface area contributed by atoms with Crippen molar-refractivity contribution in [2.45, 2.75) is 90.4 Å². The lowest BCUT2D eigenvalue weighted by atomic mass is 10.1. The van der Waals surface area contributed by atoms with E-state index >= 15 is 0 Å². The highest BCUT2D eigenvalue weighted by molar-refractivity contribution is 5.67. The fourth-order valence-electron chi connectivity index (χ4n) is 4.14. The Morgan fingerprint density at radius 2 is 1.83 bits per heavy atom. The molecule has 4 nitrogen and oxygen atoms in total. The van der Waals surface area contributed by atoms with Crippen molar-refractivity contribution in [3.05, 3.63) is 53.7 Å². The zero-order valence-electron chi connectivity index (χ0n) is 18.3. The Morgan fingerprint density at radius 1 is 1.10 bits per heavy atom. The van der Waals surface area contributed by atoms with Crippen LogP contribution < -0.4 is 10.2 Å². The van der Waals surface area contributed by atoms with Crippen LogP contribution in [0.3, 0.4) is 0 Å². The van der Waals surface area contributed by atoms with Crippen molar-refractivity contribution >= 4 is 11.5 Å². The highest BCUT2D eigenvalue weighted by atomic mass is 16.3.